The molecule has 98 valence electrons. The summed E-state index contributed by atoms with van der Waals surface area (Å²) in [6, 6.07) is -0.629. The van der Waals surface area contributed by atoms with Crippen LogP contribution in [0.2, 0.25) is 0 Å². The van der Waals surface area contributed by atoms with Crippen LogP contribution in [-0.2, 0) is 4.74 Å². The van der Waals surface area contributed by atoms with Gasteiger partial charge in [-0.15, -0.1) is 6.58 Å². The maximum atomic E-state index is 11.8. The van der Waals surface area contributed by atoms with E-state index in [0.717, 1.165) is 0 Å². The Hall–Kier alpha value is -1.07. The first kappa shape index (κ1) is 14.0. The molecule has 0 aromatic heterocycles. The minimum atomic E-state index is -0.955. The molecule has 0 unspecified atom stereocenters. The second kappa shape index (κ2) is 5.06. The first-order valence-corrected chi connectivity index (χ1v) is 5.92. The number of aliphatic hydroxyl groups is 1. The summed E-state index contributed by atoms with van der Waals surface area (Å²) in [5.74, 6) is 0. The molecule has 1 amide bonds. The summed E-state index contributed by atoms with van der Waals surface area (Å²) in [6.07, 6.45) is 0.967. The molecule has 0 spiro atoms. The van der Waals surface area contributed by atoms with Crippen molar-refractivity contribution in [3.63, 3.8) is 0 Å². The van der Waals surface area contributed by atoms with Crippen molar-refractivity contribution in [3.8, 4) is 0 Å². The van der Waals surface area contributed by atoms with Gasteiger partial charge >= 0.3 is 6.09 Å². The quantitative estimate of drug-likeness (QED) is 0.701. The molecule has 1 aliphatic rings. The smallest absolute Gasteiger partial charge is 0.411 e. The highest BCUT2D eigenvalue weighted by Gasteiger charge is 2.55. The summed E-state index contributed by atoms with van der Waals surface area (Å²) in [7, 11) is 0. The summed E-state index contributed by atoms with van der Waals surface area (Å²) in [5, 5.41) is 10.1. The van der Waals surface area contributed by atoms with Crippen molar-refractivity contribution in [2.75, 3.05) is 6.54 Å². The van der Waals surface area contributed by atoms with Crippen LogP contribution in [0.25, 0.3) is 0 Å². The van der Waals surface area contributed by atoms with Crippen molar-refractivity contribution in [2.45, 2.75) is 51.0 Å². The number of hydrogen-bond donors (Lipinski definition) is 2. The van der Waals surface area contributed by atoms with Gasteiger partial charge in [-0.05, 0) is 20.3 Å². The highest BCUT2D eigenvalue weighted by molar-refractivity contribution is 5.72. The van der Waals surface area contributed by atoms with Gasteiger partial charge in [-0.3, -0.25) is 4.90 Å². The summed E-state index contributed by atoms with van der Waals surface area (Å²) in [4.78, 5) is 13.3. The number of aliphatic hydroxyl groups excluding tert-OH is 1. The van der Waals surface area contributed by atoms with Gasteiger partial charge in [-0.1, -0.05) is 13.0 Å². The molecule has 1 heterocycles. The zero-order valence-electron chi connectivity index (χ0n) is 10.7. The molecule has 1 aliphatic heterocycles. The van der Waals surface area contributed by atoms with E-state index < -0.39 is 17.8 Å². The van der Waals surface area contributed by atoms with Crippen LogP contribution in [0.1, 0.15) is 27.2 Å². The minimum Gasteiger partial charge on any atom is -0.438 e. The largest absolute Gasteiger partial charge is 0.438 e. The third kappa shape index (κ3) is 2.30. The molecule has 0 aromatic carbocycles. The number of hydrogen-bond acceptors (Lipinski definition) is 4. The summed E-state index contributed by atoms with van der Waals surface area (Å²) >= 11 is 0. The molecule has 3 N–H and O–H groups in total. The van der Waals surface area contributed by atoms with Crippen LogP contribution in [0.3, 0.4) is 0 Å². The normalized spacial score (nSPS) is 32.2. The lowest BCUT2D eigenvalue weighted by molar-refractivity contribution is -0.0642. The Morgan fingerprint density at radius 3 is 2.76 bits per heavy atom. The maximum absolute atomic E-state index is 11.8. The van der Waals surface area contributed by atoms with Gasteiger partial charge in [0.1, 0.15) is 0 Å². The summed E-state index contributed by atoms with van der Waals surface area (Å²) in [6.45, 7) is 9.37. The van der Waals surface area contributed by atoms with E-state index in [1.807, 2.05) is 13.8 Å². The van der Waals surface area contributed by atoms with Crippen LogP contribution in [0.5, 0.6) is 0 Å². The molecule has 0 bridgehead atoms. The maximum Gasteiger partial charge on any atom is 0.411 e. The minimum absolute atomic E-state index is 0.285. The third-order valence-corrected chi connectivity index (χ3v) is 3.34. The number of nitrogens with two attached hydrogens (primary N) is 1. The van der Waals surface area contributed by atoms with Crippen LogP contribution in [0.15, 0.2) is 12.7 Å². The van der Waals surface area contributed by atoms with Gasteiger partial charge < -0.3 is 15.6 Å². The molecular weight excluding hydrogens is 220 g/mol. The second-order valence-electron chi connectivity index (χ2n) is 4.72. The first-order chi connectivity index (χ1) is 7.88. The van der Waals surface area contributed by atoms with Crippen LogP contribution >= 0.6 is 0 Å². The zero-order chi connectivity index (χ0) is 13.2. The molecular formula is C12H22N2O3. The topological polar surface area (TPSA) is 75.8 Å². The number of carbonyl (C=O) groups is 1. The van der Waals surface area contributed by atoms with E-state index in [2.05, 4.69) is 6.58 Å². The van der Waals surface area contributed by atoms with E-state index >= 15 is 0 Å². The Morgan fingerprint density at radius 2 is 2.35 bits per heavy atom. The number of cyclic esters (lactones) is 1. The van der Waals surface area contributed by atoms with Crippen LogP contribution in [0, 0.1) is 0 Å². The second-order valence-corrected chi connectivity index (χ2v) is 4.72. The molecule has 5 nitrogen and oxygen atoms in total. The van der Waals surface area contributed by atoms with Crippen molar-refractivity contribution < 1.29 is 14.6 Å². The Morgan fingerprint density at radius 1 is 1.76 bits per heavy atom. The fourth-order valence-electron chi connectivity index (χ4n) is 2.53. The third-order valence-electron chi connectivity index (χ3n) is 3.34. The average molecular weight is 242 g/mol. The van der Waals surface area contributed by atoms with Gasteiger partial charge in [0.05, 0.1) is 12.1 Å². The highest BCUT2D eigenvalue weighted by Crippen LogP contribution is 2.35. The molecule has 5 heteroatoms. The Balaban J connectivity index is 3.07. The van der Waals surface area contributed by atoms with Crippen LogP contribution in [0.4, 0.5) is 4.79 Å². The van der Waals surface area contributed by atoms with Gasteiger partial charge in [0, 0.05) is 12.6 Å². The van der Waals surface area contributed by atoms with E-state index in [1.165, 1.54) is 4.90 Å². The van der Waals surface area contributed by atoms with Crippen LogP contribution < -0.4 is 5.73 Å². The molecule has 0 aliphatic carbocycles. The highest BCUT2D eigenvalue weighted by atomic mass is 16.6. The lowest BCUT2D eigenvalue weighted by Crippen LogP contribution is -2.58. The first-order valence-electron chi connectivity index (χ1n) is 5.92. The van der Waals surface area contributed by atoms with Crippen LogP contribution in [-0.4, -0.2) is 46.4 Å². The number of carbonyl (C=O) groups excluding carboxylic acids is 1. The van der Waals surface area contributed by atoms with Gasteiger partial charge in [0.2, 0.25) is 0 Å². The standard InChI is InChI=1S/C12H22N2O3/c1-5-7-14-10(8(3)13)12(4,9(15)6-2)17-11(14)16/h5,8-10,15H,1,6-7,13H2,2-4H3/t8-,9-,10-,12-/m1/s1. The molecule has 0 radical (unpaired) electrons. The van der Waals surface area contributed by atoms with E-state index in [9.17, 15) is 9.90 Å². The summed E-state index contributed by atoms with van der Waals surface area (Å²) < 4.78 is 5.35. The Bertz CT molecular complexity index is 306. The lowest BCUT2D eigenvalue weighted by Gasteiger charge is -2.37. The van der Waals surface area contributed by atoms with Gasteiger partial charge in [0.25, 0.3) is 0 Å². The fraction of sp³-hybridized carbons (Fsp3) is 0.750. The molecule has 0 saturated carbocycles. The molecule has 1 fully saturated rings. The van der Waals surface area contributed by atoms with Crippen molar-refractivity contribution in [1.29, 1.82) is 0 Å². The van der Waals surface area contributed by atoms with Crippen molar-refractivity contribution >= 4 is 6.09 Å². The van der Waals surface area contributed by atoms with Crippen molar-refractivity contribution in [2.24, 2.45) is 5.73 Å². The van der Waals surface area contributed by atoms with Gasteiger partial charge in [0.15, 0.2) is 5.60 Å². The lowest BCUT2D eigenvalue weighted by atomic mass is 9.85. The summed E-state index contributed by atoms with van der Waals surface area (Å²) in [5.41, 5.74) is 4.97. The van der Waals surface area contributed by atoms with Gasteiger partial charge in [-0.2, -0.15) is 0 Å². The SMILES string of the molecule is C=CCN1C(=O)O[C@](C)([C@H](O)CC)[C@H]1[C@@H](C)N. The fourth-order valence-corrected chi connectivity index (χ4v) is 2.53. The molecule has 4 atom stereocenters. The predicted octanol–water partition coefficient (Wildman–Crippen LogP) is 0.870. The molecule has 17 heavy (non-hydrogen) atoms. The zero-order valence-corrected chi connectivity index (χ0v) is 10.7. The monoisotopic (exact) mass is 242 g/mol. The number of ether oxygens (including phenoxy) is 1. The van der Waals surface area contributed by atoms with Crippen molar-refractivity contribution in [1.82, 2.24) is 4.90 Å². The van der Waals surface area contributed by atoms with E-state index in [0.29, 0.717) is 13.0 Å². The van der Waals surface area contributed by atoms with Crippen molar-refractivity contribution in [3.05, 3.63) is 12.7 Å². The van der Waals surface area contributed by atoms with Gasteiger partial charge in [-0.25, -0.2) is 4.79 Å². The predicted molar refractivity (Wildman–Crippen MR) is 65.5 cm³/mol. The number of amides is 1. The van der Waals surface area contributed by atoms with E-state index in [4.69, 9.17) is 10.5 Å². The van der Waals surface area contributed by atoms with E-state index in [1.54, 1.807) is 13.0 Å². The molecule has 1 rings (SSSR count). The Labute approximate surface area is 102 Å². The molecule has 0 aromatic rings. The Kier molecular flexibility index (Phi) is 4.16. The average Bonchev–Trinajstić information content (AvgIpc) is 2.51. The van der Waals surface area contributed by atoms with E-state index in [-0.39, 0.29) is 12.1 Å². The number of nitrogens with zero attached hydrogens (tertiary/aromatic N) is 1. The number of rotatable bonds is 5. The molecule has 1 saturated heterocycles.